The van der Waals surface area contributed by atoms with Crippen LogP contribution in [0.25, 0.3) is 22.2 Å². The third-order valence-corrected chi connectivity index (χ3v) is 7.60. The second kappa shape index (κ2) is 8.91. The van der Waals surface area contributed by atoms with Crippen molar-refractivity contribution in [3.05, 3.63) is 53.6 Å². The molecule has 2 aromatic carbocycles. The van der Waals surface area contributed by atoms with E-state index in [2.05, 4.69) is 15.4 Å². The van der Waals surface area contributed by atoms with E-state index in [1.807, 2.05) is 37.3 Å². The summed E-state index contributed by atoms with van der Waals surface area (Å²) in [4.78, 5) is 14.1. The van der Waals surface area contributed by atoms with Gasteiger partial charge in [0.1, 0.15) is 6.07 Å². The van der Waals surface area contributed by atoms with E-state index in [9.17, 15) is 18.5 Å². The van der Waals surface area contributed by atoms with Gasteiger partial charge >= 0.3 is 0 Å². The Kier molecular flexibility index (Phi) is 6.17. The fourth-order valence-corrected chi connectivity index (χ4v) is 5.46. The second-order valence-corrected chi connectivity index (χ2v) is 10.6. The van der Waals surface area contributed by atoms with Crippen molar-refractivity contribution in [3.63, 3.8) is 0 Å². The SMILES string of the molecule is CCCS(=O)(=O)Nc1ccc(-c2c(C#N)c3cc(C(=O)N(C)C)ccc3n2C2CCC2)cc1. The number of rotatable bonds is 7. The summed E-state index contributed by atoms with van der Waals surface area (Å²) >= 11 is 0. The molecule has 0 radical (unpaired) electrons. The Morgan fingerprint density at radius 3 is 2.42 bits per heavy atom. The standard InChI is InChI=1S/C25H28N4O3S/c1-4-14-33(31,32)27-19-11-8-17(9-12-19)24-22(16-26)21-15-18(25(30)28(2)3)10-13-23(21)29(24)20-6-5-7-20/h8-13,15,20,27H,4-7,14H2,1-3H3. The van der Waals surface area contributed by atoms with Crippen molar-refractivity contribution in [1.29, 1.82) is 5.26 Å². The fraction of sp³-hybridized carbons (Fsp3) is 0.360. The van der Waals surface area contributed by atoms with Crippen LogP contribution in [0.1, 0.15) is 54.6 Å². The normalized spacial score (nSPS) is 14.0. The van der Waals surface area contributed by atoms with Gasteiger partial charge in [0.15, 0.2) is 0 Å². The summed E-state index contributed by atoms with van der Waals surface area (Å²) in [5.41, 5.74) is 4.17. The van der Waals surface area contributed by atoms with Gasteiger partial charge in [-0.15, -0.1) is 0 Å². The molecule has 172 valence electrons. The third-order valence-electron chi connectivity index (χ3n) is 6.11. The summed E-state index contributed by atoms with van der Waals surface area (Å²) in [7, 11) is 0.0393. The van der Waals surface area contributed by atoms with Crippen molar-refractivity contribution in [3.8, 4) is 17.3 Å². The summed E-state index contributed by atoms with van der Waals surface area (Å²) < 4.78 is 29.0. The molecule has 0 bridgehead atoms. The first-order chi connectivity index (χ1) is 15.8. The minimum atomic E-state index is -3.38. The Hall–Kier alpha value is -3.31. The van der Waals surface area contributed by atoms with Gasteiger partial charge in [-0.05, 0) is 61.6 Å². The van der Waals surface area contributed by atoms with Crippen molar-refractivity contribution >= 4 is 32.5 Å². The van der Waals surface area contributed by atoms with E-state index in [0.717, 1.165) is 41.4 Å². The van der Waals surface area contributed by atoms with Crippen LogP contribution < -0.4 is 4.72 Å². The third kappa shape index (κ3) is 4.33. The van der Waals surface area contributed by atoms with Crippen LogP contribution in [-0.4, -0.2) is 43.6 Å². The molecule has 0 unspecified atom stereocenters. The summed E-state index contributed by atoms with van der Waals surface area (Å²) in [6.07, 6.45) is 3.75. The monoisotopic (exact) mass is 464 g/mol. The molecule has 8 heteroatoms. The van der Waals surface area contributed by atoms with Crippen LogP contribution in [0.2, 0.25) is 0 Å². The van der Waals surface area contributed by atoms with Gasteiger partial charge in [0, 0.05) is 36.8 Å². The van der Waals surface area contributed by atoms with E-state index >= 15 is 0 Å². The number of hydrogen-bond acceptors (Lipinski definition) is 4. The van der Waals surface area contributed by atoms with Gasteiger partial charge in [-0.2, -0.15) is 5.26 Å². The van der Waals surface area contributed by atoms with Gasteiger partial charge in [-0.3, -0.25) is 9.52 Å². The maximum Gasteiger partial charge on any atom is 0.253 e. The number of amides is 1. The van der Waals surface area contributed by atoms with Crippen molar-refractivity contribution in [2.75, 3.05) is 24.6 Å². The highest BCUT2D eigenvalue weighted by atomic mass is 32.2. The highest BCUT2D eigenvalue weighted by molar-refractivity contribution is 7.92. The molecule has 1 N–H and O–H groups in total. The Morgan fingerprint density at radius 2 is 1.88 bits per heavy atom. The van der Waals surface area contributed by atoms with E-state index in [-0.39, 0.29) is 11.7 Å². The van der Waals surface area contributed by atoms with Gasteiger partial charge in [-0.1, -0.05) is 19.1 Å². The smallest absolute Gasteiger partial charge is 0.253 e. The molecule has 4 rings (SSSR count). The number of carbonyl (C=O) groups is 1. The fourth-order valence-electron chi connectivity index (χ4n) is 4.32. The molecule has 1 aromatic heterocycles. The van der Waals surface area contributed by atoms with E-state index in [1.165, 1.54) is 4.90 Å². The number of sulfonamides is 1. The van der Waals surface area contributed by atoms with Crippen molar-refractivity contribution in [1.82, 2.24) is 9.47 Å². The zero-order chi connectivity index (χ0) is 23.8. The lowest BCUT2D eigenvalue weighted by molar-refractivity contribution is 0.0827. The van der Waals surface area contributed by atoms with Gasteiger partial charge < -0.3 is 9.47 Å². The highest BCUT2D eigenvalue weighted by Gasteiger charge is 2.28. The molecule has 3 aromatic rings. The second-order valence-electron chi connectivity index (χ2n) is 8.72. The summed E-state index contributed by atoms with van der Waals surface area (Å²) in [5, 5.41) is 10.9. The number of anilines is 1. The summed E-state index contributed by atoms with van der Waals surface area (Å²) in [6, 6.07) is 15.4. The molecule has 1 amide bonds. The maximum atomic E-state index is 12.5. The summed E-state index contributed by atoms with van der Waals surface area (Å²) in [6.45, 7) is 1.82. The van der Waals surface area contributed by atoms with Crippen molar-refractivity contribution in [2.24, 2.45) is 0 Å². The van der Waals surface area contributed by atoms with Crippen LogP contribution in [0.3, 0.4) is 0 Å². The molecular weight excluding hydrogens is 436 g/mol. The lowest BCUT2D eigenvalue weighted by Crippen LogP contribution is -2.21. The average molecular weight is 465 g/mol. The number of nitriles is 1. The first kappa shape index (κ1) is 22.9. The highest BCUT2D eigenvalue weighted by Crippen LogP contribution is 2.43. The van der Waals surface area contributed by atoms with Gasteiger partial charge in [0.05, 0.1) is 22.5 Å². The predicted molar refractivity (Wildman–Crippen MR) is 131 cm³/mol. The van der Waals surface area contributed by atoms with Crippen LogP contribution in [0, 0.1) is 11.3 Å². The Morgan fingerprint density at radius 1 is 1.18 bits per heavy atom. The molecular formula is C25H28N4O3S. The molecule has 0 spiro atoms. The van der Waals surface area contributed by atoms with Crippen LogP contribution in [-0.2, 0) is 10.0 Å². The minimum Gasteiger partial charge on any atom is -0.345 e. The zero-order valence-corrected chi connectivity index (χ0v) is 19.9. The topological polar surface area (TPSA) is 95.2 Å². The molecule has 0 saturated heterocycles. The molecule has 0 aliphatic heterocycles. The first-order valence-corrected chi connectivity index (χ1v) is 12.8. The van der Waals surface area contributed by atoms with Crippen LogP contribution in [0.5, 0.6) is 0 Å². The lowest BCUT2D eigenvalue weighted by atomic mass is 9.92. The number of nitrogens with one attached hydrogen (secondary N) is 1. The number of hydrogen-bond donors (Lipinski definition) is 1. The Balaban J connectivity index is 1.84. The van der Waals surface area contributed by atoms with Crippen LogP contribution in [0.15, 0.2) is 42.5 Å². The maximum absolute atomic E-state index is 12.5. The largest absolute Gasteiger partial charge is 0.345 e. The quantitative estimate of drug-likeness (QED) is 0.545. The van der Waals surface area contributed by atoms with Crippen LogP contribution in [0.4, 0.5) is 5.69 Å². The van der Waals surface area contributed by atoms with E-state index < -0.39 is 10.0 Å². The van der Waals surface area contributed by atoms with E-state index in [4.69, 9.17) is 0 Å². The molecule has 1 saturated carbocycles. The van der Waals surface area contributed by atoms with E-state index in [0.29, 0.717) is 29.3 Å². The first-order valence-electron chi connectivity index (χ1n) is 11.2. The predicted octanol–water partition coefficient (Wildman–Crippen LogP) is 4.76. The molecule has 33 heavy (non-hydrogen) atoms. The molecule has 7 nitrogen and oxygen atoms in total. The molecule has 1 aliphatic carbocycles. The Bertz CT molecular complexity index is 1350. The average Bonchev–Trinajstić information content (AvgIpc) is 3.05. The van der Waals surface area contributed by atoms with Gasteiger partial charge in [-0.25, -0.2) is 8.42 Å². The number of nitrogens with zero attached hydrogens (tertiary/aromatic N) is 3. The van der Waals surface area contributed by atoms with E-state index in [1.54, 1.807) is 26.2 Å². The number of benzene rings is 2. The molecule has 1 heterocycles. The molecule has 1 aliphatic rings. The van der Waals surface area contributed by atoms with Crippen LogP contribution >= 0.6 is 0 Å². The molecule has 1 fully saturated rings. The summed E-state index contributed by atoms with van der Waals surface area (Å²) in [5.74, 6) is -0.0421. The lowest BCUT2D eigenvalue weighted by Gasteiger charge is -2.30. The number of fused-ring (bicyclic) bond motifs is 1. The minimum absolute atomic E-state index is 0.0667. The molecule has 0 atom stereocenters. The number of carbonyl (C=O) groups excluding carboxylic acids is 1. The van der Waals surface area contributed by atoms with Gasteiger partial charge in [0.2, 0.25) is 10.0 Å². The Labute approximate surface area is 194 Å². The van der Waals surface area contributed by atoms with Gasteiger partial charge in [0.25, 0.3) is 5.91 Å². The number of aromatic nitrogens is 1. The zero-order valence-electron chi connectivity index (χ0n) is 19.1. The van der Waals surface area contributed by atoms with Crippen molar-refractivity contribution < 1.29 is 13.2 Å². The van der Waals surface area contributed by atoms with Crippen molar-refractivity contribution in [2.45, 2.75) is 38.6 Å².